The number of ether oxygens (including phenoxy) is 1. The molecule has 1 aliphatic rings. The van der Waals surface area contributed by atoms with Crippen LogP contribution in [0.15, 0.2) is 24.3 Å². The molecule has 0 atom stereocenters. The summed E-state index contributed by atoms with van der Waals surface area (Å²) in [5.74, 6) is 0. The smallest absolute Gasteiger partial charge is 0.682 e. The Labute approximate surface area is 133 Å². The molecular formula is C15H21LiN2O2. The Kier molecular flexibility index (Phi) is 6.98. The van der Waals surface area contributed by atoms with Gasteiger partial charge in [-0.1, -0.05) is 29.8 Å². The minimum Gasteiger partial charge on any atom is -0.682 e. The van der Waals surface area contributed by atoms with Crippen molar-refractivity contribution in [3.63, 3.8) is 0 Å². The topological polar surface area (TPSA) is 43.6 Å². The molecule has 0 bridgehead atoms. The van der Waals surface area contributed by atoms with Gasteiger partial charge in [0.15, 0.2) is 0 Å². The van der Waals surface area contributed by atoms with Crippen molar-refractivity contribution in [2.75, 3.05) is 19.7 Å². The zero-order valence-corrected chi connectivity index (χ0v) is 12.6. The van der Waals surface area contributed by atoms with Gasteiger partial charge in [0.05, 0.1) is 6.61 Å². The largest absolute Gasteiger partial charge is 1.00 e. The Morgan fingerprint density at radius 3 is 2.45 bits per heavy atom. The fraction of sp³-hybridized carbons (Fsp3) is 0.533. The van der Waals surface area contributed by atoms with Crippen LogP contribution in [-0.4, -0.2) is 36.7 Å². The van der Waals surface area contributed by atoms with Crippen molar-refractivity contribution in [1.82, 2.24) is 4.90 Å². The third-order valence-corrected chi connectivity index (χ3v) is 3.36. The molecule has 1 aliphatic heterocycles. The molecular weight excluding hydrogens is 247 g/mol. The van der Waals surface area contributed by atoms with Crippen molar-refractivity contribution >= 4 is 11.8 Å². The Balaban J connectivity index is 0.00000200. The van der Waals surface area contributed by atoms with Gasteiger partial charge in [-0.05, 0) is 26.7 Å². The predicted octanol–water partition coefficient (Wildman–Crippen LogP) is 0.625. The van der Waals surface area contributed by atoms with Gasteiger partial charge in [0.2, 0.25) is 0 Å². The summed E-state index contributed by atoms with van der Waals surface area (Å²) in [5, 5.41) is 4.72. The van der Waals surface area contributed by atoms with Crippen molar-refractivity contribution in [1.29, 1.82) is 0 Å². The maximum atomic E-state index is 11.6. The summed E-state index contributed by atoms with van der Waals surface area (Å²) in [6, 6.07) is 8.56. The number of carbonyl (C=O) groups is 1. The van der Waals surface area contributed by atoms with Crippen molar-refractivity contribution < 1.29 is 28.4 Å². The van der Waals surface area contributed by atoms with E-state index in [0.29, 0.717) is 12.6 Å². The maximum Gasteiger partial charge on any atom is 1.00 e. The fourth-order valence-corrected chi connectivity index (χ4v) is 2.23. The monoisotopic (exact) mass is 268 g/mol. The van der Waals surface area contributed by atoms with Crippen molar-refractivity contribution in [2.24, 2.45) is 0 Å². The number of hydrogen-bond donors (Lipinski definition) is 0. The van der Waals surface area contributed by atoms with E-state index < -0.39 is 0 Å². The third kappa shape index (κ3) is 4.77. The van der Waals surface area contributed by atoms with Gasteiger partial charge < -0.3 is 15.0 Å². The quantitative estimate of drug-likeness (QED) is 0.755. The Bertz CT molecular complexity index is 414. The molecule has 1 heterocycles. The zero-order chi connectivity index (χ0) is 13.7. The maximum absolute atomic E-state index is 11.6. The van der Waals surface area contributed by atoms with Crippen LogP contribution in [0.25, 0.3) is 5.32 Å². The number of piperidine rings is 1. The zero-order valence-electron chi connectivity index (χ0n) is 12.6. The van der Waals surface area contributed by atoms with Crippen LogP contribution in [0.2, 0.25) is 0 Å². The second-order valence-electron chi connectivity index (χ2n) is 4.88. The Morgan fingerprint density at radius 2 is 1.90 bits per heavy atom. The van der Waals surface area contributed by atoms with Gasteiger partial charge in [-0.15, -0.1) is 11.7 Å². The van der Waals surface area contributed by atoms with E-state index in [9.17, 15) is 4.79 Å². The average Bonchev–Trinajstić information content (AvgIpc) is 2.42. The van der Waals surface area contributed by atoms with E-state index >= 15 is 0 Å². The van der Waals surface area contributed by atoms with Gasteiger partial charge in [0.25, 0.3) is 0 Å². The molecule has 0 aromatic heterocycles. The van der Waals surface area contributed by atoms with Gasteiger partial charge >= 0.3 is 25.0 Å². The standard InChI is InChI=1S/C15H21N2O2.Li/c1-3-19-15(18)17-10-8-14(9-11-17)16-13-6-4-12(2)5-7-13;/h4-7,14H,3,8-11H2,1-2H3;/q-1;+1. The summed E-state index contributed by atoms with van der Waals surface area (Å²) >= 11 is 0. The molecule has 4 nitrogen and oxygen atoms in total. The molecule has 0 spiro atoms. The van der Waals surface area contributed by atoms with Crippen LogP contribution in [-0.2, 0) is 4.74 Å². The number of amides is 1. The van der Waals surface area contributed by atoms with Gasteiger partial charge in [-0.25, -0.2) is 4.79 Å². The molecule has 0 radical (unpaired) electrons. The first-order valence-corrected chi connectivity index (χ1v) is 6.88. The van der Waals surface area contributed by atoms with Gasteiger partial charge in [-0.2, -0.15) is 0 Å². The molecule has 1 aromatic carbocycles. The van der Waals surface area contributed by atoms with E-state index in [-0.39, 0.29) is 25.0 Å². The van der Waals surface area contributed by atoms with E-state index in [1.54, 1.807) is 4.90 Å². The molecule has 0 unspecified atom stereocenters. The first kappa shape index (κ1) is 16.9. The van der Waals surface area contributed by atoms with Crippen molar-refractivity contribution in [3.05, 3.63) is 35.1 Å². The summed E-state index contributed by atoms with van der Waals surface area (Å²) in [4.78, 5) is 13.3. The van der Waals surface area contributed by atoms with Crippen LogP contribution >= 0.6 is 0 Å². The third-order valence-electron chi connectivity index (χ3n) is 3.36. The number of rotatable bonds is 3. The fourth-order valence-electron chi connectivity index (χ4n) is 2.23. The molecule has 1 aromatic rings. The summed E-state index contributed by atoms with van der Waals surface area (Å²) in [6.07, 6.45) is 1.62. The minimum atomic E-state index is -0.198. The second kappa shape index (κ2) is 8.24. The Morgan fingerprint density at radius 1 is 1.30 bits per heavy atom. The van der Waals surface area contributed by atoms with Gasteiger partial charge in [-0.3, -0.25) is 0 Å². The number of likely N-dealkylation sites (tertiary alicyclic amines) is 1. The van der Waals surface area contributed by atoms with Crippen LogP contribution in [0.4, 0.5) is 10.5 Å². The SMILES string of the molecule is CCOC(=O)N1CCC([N-]c2ccc(C)cc2)CC1.[Li+]. The van der Waals surface area contributed by atoms with E-state index in [4.69, 9.17) is 10.1 Å². The van der Waals surface area contributed by atoms with E-state index in [0.717, 1.165) is 31.6 Å². The van der Waals surface area contributed by atoms with Gasteiger partial charge in [0, 0.05) is 13.1 Å². The van der Waals surface area contributed by atoms with Crippen molar-refractivity contribution in [2.45, 2.75) is 32.7 Å². The van der Waals surface area contributed by atoms with Crippen LogP contribution < -0.4 is 18.9 Å². The van der Waals surface area contributed by atoms with Crippen LogP contribution in [0.3, 0.4) is 0 Å². The molecule has 104 valence electrons. The summed E-state index contributed by atoms with van der Waals surface area (Å²) < 4.78 is 5.00. The number of nitrogens with zero attached hydrogens (tertiary/aromatic N) is 2. The molecule has 2 rings (SSSR count). The van der Waals surface area contributed by atoms with Crippen LogP contribution in [0.5, 0.6) is 0 Å². The first-order valence-electron chi connectivity index (χ1n) is 6.88. The number of hydrogen-bond acceptors (Lipinski definition) is 2. The predicted molar refractivity (Wildman–Crippen MR) is 75.8 cm³/mol. The average molecular weight is 268 g/mol. The van der Waals surface area contributed by atoms with E-state index in [2.05, 4.69) is 19.1 Å². The molecule has 1 saturated heterocycles. The molecule has 1 amide bonds. The molecule has 0 saturated carbocycles. The normalized spacial score (nSPS) is 15.4. The molecule has 20 heavy (non-hydrogen) atoms. The van der Waals surface area contributed by atoms with Crippen LogP contribution in [0, 0.1) is 6.92 Å². The molecule has 5 heteroatoms. The number of benzene rings is 1. The summed E-state index contributed by atoms with van der Waals surface area (Å²) in [7, 11) is 0. The van der Waals surface area contributed by atoms with Crippen molar-refractivity contribution in [3.8, 4) is 0 Å². The summed E-state index contributed by atoms with van der Waals surface area (Å²) in [6.45, 7) is 5.81. The minimum absolute atomic E-state index is 0. The second-order valence-corrected chi connectivity index (χ2v) is 4.88. The van der Waals surface area contributed by atoms with E-state index in [1.165, 1.54) is 5.56 Å². The molecule has 1 fully saturated rings. The Hall–Kier alpha value is -1.11. The summed E-state index contributed by atoms with van der Waals surface area (Å²) in [5.41, 5.74) is 2.27. The van der Waals surface area contributed by atoms with Gasteiger partial charge in [0.1, 0.15) is 0 Å². The number of aryl methyl sites for hydroxylation is 1. The first-order chi connectivity index (χ1) is 9.19. The molecule has 0 aliphatic carbocycles. The number of carbonyl (C=O) groups excluding carboxylic acids is 1. The van der Waals surface area contributed by atoms with Crippen LogP contribution in [0.1, 0.15) is 25.3 Å². The molecule has 0 N–H and O–H groups in total. The van der Waals surface area contributed by atoms with E-state index in [1.807, 2.05) is 19.1 Å².